The average Bonchev–Trinajstić information content (AvgIpc) is 3.02. The summed E-state index contributed by atoms with van der Waals surface area (Å²) >= 11 is 5.32. The number of anilines is 1. The number of para-hydroxylation sites is 2. The molecule has 10 heteroatoms. The monoisotopic (exact) mass is 579 g/mol. The Morgan fingerprint density at radius 1 is 0.738 bits per heavy atom. The molecular weight excluding hydrogens is 550 g/mol. The van der Waals surface area contributed by atoms with Crippen molar-refractivity contribution in [1.29, 1.82) is 0 Å². The van der Waals surface area contributed by atoms with Crippen LogP contribution < -0.4 is 10.6 Å². The molecule has 2 amide bonds. The van der Waals surface area contributed by atoms with E-state index >= 15 is 0 Å². The lowest BCUT2D eigenvalue weighted by Crippen LogP contribution is -2.50. The maximum atomic E-state index is 13.6. The highest BCUT2D eigenvalue weighted by molar-refractivity contribution is 7.80. The lowest BCUT2D eigenvalue weighted by Gasteiger charge is -2.40. The van der Waals surface area contributed by atoms with Crippen molar-refractivity contribution in [1.82, 2.24) is 15.1 Å². The minimum atomic E-state index is -0.717. The Labute approximate surface area is 248 Å². The number of nitrogens with zero attached hydrogens (tertiary/aromatic N) is 3. The zero-order chi connectivity index (χ0) is 29.5. The number of hydrogen-bond donors (Lipinski definition) is 2. The van der Waals surface area contributed by atoms with Gasteiger partial charge in [0.15, 0.2) is 5.11 Å². The quantitative estimate of drug-likeness (QED) is 0.175. The topological polar surface area (TPSA) is 108 Å². The van der Waals surface area contributed by atoms with Crippen molar-refractivity contribution in [3.05, 3.63) is 142 Å². The molecule has 0 radical (unpaired) electrons. The van der Waals surface area contributed by atoms with Crippen molar-refractivity contribution < 1.29 is 14.5 Å². The lowest BCUT2D eigenvalue weighted by atomic mass is 9.96. The molecule has 0 unspecified atom stereocenters. The summed E-state index contributed by atoms with van der Waals surface area (Å²) in [5.74, 6) is -0.868. The number of amides is 2. The minimum absolute atomic E-state index is 0.0724. The molecule has 42 heavy (non-hydrogen) atoms. The summed E-state index contributed by atoms with van der Waals surface area (Å²) < 4.78 is 0. The van der Waals surface area contributed by atoms with Crippen LogP contribution in [0.5, 0.6) is 0 Å². The molecule has 1 saturated heterocycles. The summed E-state index contributed by atoms with van der Waals surface area (Å²) in [5, 5.41) is 16.6. The van der Waals surface area contributed by atoms with E-state index in [1.54, 1.807) is 24.3 Å². The number of nitro groups is 1. The predicted molar refractivity (Wildman–Crippen MR) is 165 cm³/mol. The van der Waals surface area contributed by atoms with Crippen LogP contribution in [0, 0.1) is 10.1 Å². The van der Waals surface area contributed by atoms with E-state index in [9.17, 15) is 19.7 Å². The van der Waals surface area contributed by atoms with Gasteiger partial charge in [-0.05, 0) is 41.5 Å². The first kappa shape index (κ1) is 28.6. The first-order valence-electron chi connectivity index (χ1n) is 13.5. The molecule has 0 spiro atoms. The molecule has 0 saturated carbocycles. The third-order valence-corrected chi connectivity index (χ3v) is 7.38. The van der Waals surface area contributed by atoms with Crippen LogP contribution in [-0.2, 0) is 0 Å². The van der Waals surface area contributed by atoms with Crippen molar-refractivity contribution in [2.45, 2.75) is 6.04 Å². The fraction of sp³-hybridized carbons (Fsp3) is 0.156. The number of carbonyl (C=O) groups is 2. The van der Waals surface area contributed by atoms with Gasteiger partial charge in [-0.2, -0.15) is 0 Å². The number of piperazine rings is 1. The standard InChI is InChI=1S/C32H29N5O4S/c38-30(26-16-8-10-18-28(26)37(40)41)34-32(42)33-27-17-9-7-15-25(27)31(39)36-21-19-35(20-22-36)29(23-11-3-1-4-12-23)24-13-5-2-6-14-24/h1-18,29H,19-22H2,(H2,33,34,38,42). The second-order valence-corrected chi connectivity index (χ2v) is 10.2. The molecule has 5 rings (SSSR count). The van der Waals surface area contributed by atoms with E-state index in [0.29, 0.717) is 37.4 Å². The number of hydrogen-bond acceptors (Lipinski definition) is 6. The van der Waals surface area contributed by atoms with Crippen LogP contribution in [0.25, 0.3) is 0 Å². The number of thiocarbonyl (C=S) groups is 1. The first-order valence-corrected chi connectivity index (χ1v) is 13.9. The molecule has 4 aromatic carbocycles. The summed E-state index contributed by atoms with van der Waals surface area (Å²) in [4.78, 5) is 41.2. The van der Waals surface area contributed by atoms with Gasteiger partial charge < -0.3 is 10.2 Å². The summed E-state index contributed by atoms with van der Waals surface area (Å²) in [6.07, 6.45) is 0. The second kappa shape index (κ2) is 13.2. The minimum Gasteiger partial charge on any atom is -0.336 e. The summed E-state index contributed by atoms with van der Waals surface area (Å²) in [7, 11) is 0. The Morgan fingerprint density at radius 2 is 1.26 bits per heavy atom. The van der Waals surface area contributed by atoms with Gasteiger partial charge in [-0.3, -0.25) is 29.9 Å². The van der Waals surface area contributed by atoms with Gasteiger partial charge >= 0.3 is 0 Å². The molecule has 4 aromatic rings. The van der Waals surface area contributed by atoms with E-state index in [2.05, 4.69) is 39.8 Å². The number of benzene rings is 4. The van der Waals surface area contributed by atoms with Crippen LogP contribution in [0.2, 0.25) is 0 Å². The third-order valence-electron chi connectivity index (χ3n) is 7.18. The Morgan fingerprint density at radius 3 is 1.86 bits per heavy atom. The highest BCUT2D eigenvalue weighted by Gasteiger charge is 2.29. The Hall–Kier alpha value is -4.93. The molecule has 0 aromatic heterocycles. The Kier molecular flexibility index (Phi) is 8.96. The Balaban J connectivity index is 1.26. The summed E-state index contributed by atoms with van der Waals surface area (Å²) in [6.45, 7) is 2.48. The summed E-state index contributed by atoms with van der Waals surface area (Å²) in [6, 6.07) is 33.4. The second-order valence-electron chi connectivity index (χ2n) is 9.78. The molecule has 0 atom stereocenters. The molecular formula is C32H29N5O4S. The van der Waals surface area contributed by atoms with Crippen molar-refractivity contribution in [3.8, 4) is 0 Å². The largest absolute Gasteiger partial charge is 0.336 e. The highest BCUT2D eigenvalue weighted by atomic mass is 32.1. The molecule has 0 aliphatic carbocycles. The molecule has 1 fully saturated rings. The molecule has 212 valence electrons. The van der Waals surface area contributed by atoms with Crippen molar-refractivity contribution >= 4 is 40.5 Å². The zero-order valence-corrected chi connectivity index (χ0v) is 23.5. The molecule has 1 aliphatic rings. The van der Waals surface area contributed by atoms with E-state index in [1.165, 1.54) is 35.4 Å². The SMILES string of the molecule is O=C(NC(=S)Nc1ccccc1C(=O)N1CCN(C(c2ccccc2)c2ccccc2)CC1)c1ccccc1[N+](=O)[O-]. The highest BCUT2D eigenvalue weighted by Crippen LogP contribution is 2.30. The van der Waals surface area contributed by atoms with Gasteiger partial charge in [-0.15, -0.1) is 0 Å². The molecule has 2 N–H and O–H groups in total. The van der Waals surface area contributed by atoms with Crippen LogP contribution in [-0.4, -0.2) is 57.8 Å². The third kappa shape index (κ3) is 6.51. The van der Waals surface area contributed by atoms with Gasteiger partial charge in [-0.1, -0.05) is 84.9 Å². The van der Waals surface area contributed by atoms with Gasteiger partial charge in [0.25, 0.3) is 17.5 Å². The van der Waals surface area contributed by atoms with Gasteiger partial charge in [-0.25, -0.2) is 0 Å². The molecule has 1 heterocycles. The molecule has 1 aliphatic heterocycles. The van der Waals surface area contributed by atoms with Gasteiger partial charge in [0.1, 0.15) is 5.56 Å². The van der Waals surface area contributed by atoms with Crippen LogP contribution in [0.3, 0.4) is 0 Å². The molecule has 9 nitrogen and oxygen atoms in total. The maximum absolute atomic E-state index is 13.6. The maximum Gasteiger partial charge on any atom is 0.282 e. The van der Waals surface area contributed by atoms with Crippen LogP contribution in [0.15, 0.2) is 109 Å². The fourth-order valence-electron chi connectivity index (χ4n) is 5.17. The van der Waals surface area contributed by atoms with Gasteiger partial charge in [0, 0.05) is 32.2 Å². The predicted octanol–water partition coefficient (Wildman–Crippen LogP) is 5.27. The van der Waals surface area contributed by atoms with Gasteiger partial charge in [0.05, 0.1) is 22.2 Å². The Bertz CT molecular complexity index is 1550. The van der Waals surface area contributed by atoms with Crippen LogP contribution in [0.1, 0.15) is 37.9 Å². The van der Waals surface area contributed by atoms with E-state index in [1.807, 2.05) is 41.3 Å². The van der Waals surface area contributed by atoms with Crippen molar-refractivity contribution in [3.63, 3.8) is 0 Å². The lowest BCUT2D eigenvalue weighted by molar-refractivity contribution is -0.385. The van der Waals surface area contributed by atoms with E-state index in [-0.39, 0.29) is 28.3 Å². The summed E-state index contributed by atoms with van der Waals surface area (Å²) in [5.41, 5.74) is 2.82. The number of carbonyl (C=O) groups excluding carboxylic acids is 2. The number of rotatable bonds is 7. The average molecular weight is 580 g/mol. The number of nitro benzene ring substituents is 1. The number of nitrogens with one attached hydrogen (secondary N) is 2. The zero-order valence-electron chi connectivity index (χ0n) is 22.7. The van der Waals surface area contributed by atoms with Gasteiger partial charge in [0.2, 0.25) is 0 Å². The normalized spacial score (nSPS) is 13.4. The molecule has 0 bridgehead atoms. The fourth-order valence-corrected chi connectivity index (χ4v) is 5.37. The van der Waals surface area contributed by atoms with Crippen molar-refractivity contribution in [2.24, 2.45) is 0 Å². The van der Waals surface area contributed by atoms with Crippen molar-refractivity contribution in [2.75, 3.05) is 31.5 Å². The smallest absolute Gasteiger partial charge is 0.282 e. The van der Waals surface area contributed by atoms with Crippen LogP contribution in [0.4, 0.5) is 11.4 Å². The van der Waals surface area contributed by atoms with E-state index < -0.39 is 10.8 Å². The van der Waals surface area contributed by atoms with Crippen LogP contribution >= 0.6 is 12.2 Å². The first-order chi connectivity index (χ1) is 20.4. The van der Waals surface area contributed by atoms with E-state index in [4.69, 9.17) is 12.2 Å². The van der Waals surface area contributed by atoms with E-state index in [0.717, 1.165) is 0 Å².